The van der Waals surface area contributed by atoms with Gasteiger partial charge < -0.3 is 14.7 Å². The van der Waals surface area contributed by atoms with E-state index >= 15 is 0 Å². The van der Waals surface area contributed by atoms with Crippen LogP contribution in [-0.2, 0) is 11.2 Å². The first kappa shape index (κ1) is 21.9. The maximum atomic E-state index is 10.9. The third-order valence-electron chi connectivity index (χ3n) is 5.10. The van der Waals surface area contributed by atoms with Crippen molar-refractivity contribution in [2.75, 3.05) is 31.1 Å². The summed E-state index contributed by atoms with van der Waals surface area (Å²) in [5.41, 5.74) is 0.675. The number of piperazine rings is 1. The summed E-state index contributed by atoms with van der Waals surface area (Å²) >= 11 is 9.64. The van der Waals surface area contributed by atoms with Crippen LogP contribution in [-0.4, -0.2) is 59.3 Å². The zero-order chi connectivity index (χ0) is 21.0. The highest BCUT2D eigenvalue weighted by Crippen LogP contribution is 2.26. The van der Waals surface area contributed by atoms with E-state index in [-0.39, 0.29) is 6.42 Å². The Hall–Kier alpha value is -1.83. The molecule has 2 aromatic rings. The molecule has 2 heterocycles. The number of ether oxygens (including phenoxy) is 1. The van der Waals surface area contributed by atoms with Crippen molar-refractivity contribution < 1.29 is 14.6 Å². The van der Waals surface area contributed by atoms with Crippen LogP contribution in [0.3, 0.4) is 0 Å². The summed E-state index contributed by atoms with van der Waals surface area (Å²) in [6.45, 7) is 7.47. The lowest BCUT2D eigenvalue weighted by molar-refractivity contribution is -0.136. The molecule has 1 aliphatic rings. The predicted molar refractivity (Wildman–Crippen MR) is 118 cm³/mol. The fourth-order valence-corrected chi connectivity index (χ4v) is 4.15. The molecule has 0 radical (unpaired) electrons. The first-order valence-electron chi connectivity index (χ1n) is 9.58. The third kappa shape index (κ3) is 5.84. The maximum absolute atomic E-state index is 10.9. The van der Waals surface area contributed by atoms with Crippen molar-refractivity contribution in [1.82, 2.24) is 9.88 Å². The van der Waals surface area contributed by atoms with E-state index in [1.807, 2.05) is 18.3 Å². The Morgan fingerprint density at radius 1 is 1.28 bits per heavy atom. The first-order valence-corrected chi connectivity index (χ1v) is 10.8. The fraction of sp³-hybridized carbons (Fsp3) is 0.429. The number of aliphatic carboxylic acids is 1. The van der Waals surface area contributed by atoms with Crippen LogP contribution in [0.4, 0.5) is 5.82 Å². The summed E-state index contributed by atoms with van der Waals surface area (Å²) in [5, 5.41) is 9.45. The maximum Gasteiger partial charge on any atom is 0.307 e. The number of carboxylic acids is 1. The average Bonchev–Trinajstić information content (AvgIpc) is 2.66. The lowest BCUT2D eigenvalue weighted by Crippen LogP contribution is -2.57. The topological polar surface area (TPSA) is 65.9 Å². The number of hydrogen-bond donors (Lipinski definition) is 1. The lowest BCUT2D eigenvalue weighted by Gasteiger charge is -2.44. The van der Waals surface area contributed by atoms with E-state index < -0.39 is 5.97 Å². The summed E-state index contributed by atoms with van der Waals surface area (Å²) in [6, 6.07) is 9.85. The van der Waals surface area contributed by atoms with Crippen LogP contribution < -0.4 is 9.64 Å². The van der Waals surface area contributed by atoms with Gasteiger partial charge >= 0.3 is 5.97 Å². The van der Waals surface area contributed by atoms with Gasteiger partial charge in [-0.1, -0.05) is 17.7 Å². The quantitative estimate of drug-likeness (QED) is 0.641. The molecule has 156 valence electrons. The Kier molecular flexibility index (Phi) is 7.38. The molecule has 0 saturated carbocycles. The van der Waals surface area contributed by atoms with E-state index in [9.17, 15) is 4.79 Å². The van der Waals surface area contributed by atoms with Gasteiger partial charge in [0.15, 0.2) is 0 Å². The molecule has 1 fully saturated rings. The molecule has 1 aliphatic heterocycles. The van der Waals surface area contributed by atoms with Crippen LogP contribution in [0.2, 0.25) is 5.02 Å². The van der Waals surface area contributed by atoms with Gasteiger partial charge in [0, 0.05) is 42.4 Å². The van der Waals surface area contributed by atoms with Crippen molar-refractivity contribution in [3.05, 3.63) is 51.6 Å². The molecule has 1 N–H and O–H groups in total. The Bertz CT molecular complexity index is 838. The van der Waals surface area contributed by atoms with Gasteiger partial charge in [-0.2, -0.15) is 0 Å². The van der Waals surface area contributed by atoms with Crippen molar-refractivity contribution in [2.24, 2.45) is 0 Å². The minimum Gasteiger partial charge on any atom is -0.491 e. The van der Waals surface area contributed by atoms with Gasteiger partial charge in [-0.15, -0.1) is 0 Å². The molecule has 0 bridgehead atoms. The smallest absolute Gasteiger partial charge is 0.307 e. The summed E-state index contributed by atoms with van der Waals surface area (Å²) in [4.78, 5) is 20.2. The molecule has 0 unspecified atom stereocenters. The molecule has 0 spiro atoms. The van der Waals surface area contributed by atoms with Crippen molar-refractivity contribution in [3.63, 3.8) is 0 Å². The van der Waals surface area contributed by atoms with Gasteiger partial charge in [-0.05, 0) is 59.6 Å². The zero-order valence-electron chi connectivity index (χ0n) is 16.5. The number of halogens is 2. The highest BCUT2D eigenvalue weighted by Gasteiger charge is 2.29. The van der Waals surface area contributed by atoms with Crippen molar-refractivity contribution in [1.29, 1.82) is 0 Å². The second kappa shape index (κ2) is 9.78. The van der Waals surface area contributed by atoms with Gasteiger partial charge in [-0.3, -0.25) is 9.69 Å². The van der Waals surface area contributed by atoms with E-state index in [0.29, 0.717) is 35.0 Å². The molecule has 29 heavy (non-hydrogen) atoms. The average molecular weight is 483 g/mol. The SMILES string of the molecule is C[C@@H]1CN(c2ccc(Br)cn2)C[C@H](C)N1CCOc1cc(CC(=O)O)ccc1Cl. The summed E-state index contributed by atoms with van der Waals surface area (Å²) in [6.07, 6.45) is 1.78. The van der Waals surface area contributed by atoms with E-state index in [2.05, 4.69) is 44.6 Å². The molecule has 1 saturated heterocycles. The van der Waals surface area contributed by atoms with Crippen molar-refractivity contribution >= 4 is 39.3 Å². The minimum absolute atomic E-state index is 0.0480. The highest BCUT2D eigenvalue weighted by molar-refractivity contribution is 9.10. The molecule has 3 rings (SSSR count). The first-order chi connectivity index (χ1) is 13.8. The number of anilines is 1. The number of hydrogen-bond acceptors (Lipinski definition) is 5. The summed E-state index contributed by atoms with van der Waals surface area (Å²) < 4.78 is 6.86. The zero-order valence-corrected chi connectivity index (χ0v) is 18.9. The summed E-state index contributed by atoms with van der Waals surface area (Å²) in [7, 11) is 0. The number of aromatic nitrogens is 1. The van der Waals surface area contributed by atoms with Crippen LogP contribution in [0.5, 0.6) is 5.75 Å². The molecule has 6 nitrogen and oxygen atoms in total. The van der Waals surface area contributed by atoms with Crippen LogP contribution in [0.1, 0.15) is 19.4 Å². The monoisotopic (exact) mass is 481 g/mol. The van der Waals surface area contributed by atoms with E-state index in [0.717, 1.165) is 29.9 Å². The molecule has 8 heteroatoms. The number of benzene rings is 1. The summed E-state index contributed by atoms with van der Waals surface area (Å²) in [5.74, 6) is 0.646. The van der Waals surface area contributed by atoms with Gasteiger partial charge in [0.25, 0.3) is 0 Å². The number of carbonyl (C=O) groups is 1. The Labute approximate surface area is 184 Å². The fourth-order valence-electron chi connectivity index (χ4n) is 3.74. The van der Waals surface area contributed by atoms with Gasteiger partial charge in [0.2, 0.25) is 0 Å². The van der Waals surface area contributed by atoms with Gasteiger partial charge in [0.1, 0.15) is 18.2 Å². The third-order valence-corrected chi connectivity index (χ3v) is 5.88. The number of rotatable bonds is 7. The van der Waals surface area contributed by atoms with Gasteiger partial charge in [0.05, 0.1) is 11.4 Å². The van der Waals surface area contributed by atoms with Crippen molar-refractivity contribution in [3.8, 4) is 5.75 Å². The Morgan fingerprint density at radius 2 is 2.00 bits per heavy atom. The second-order valence-corrected chi connectivity index (χ2v) is 8.68. The number of carboxylic acid groups (broad SMARTS) is 1. The predicted octanol–water partition coefficient (Wildman–Crippen LogP) is 4.10. The number of pyridine rings is 1. The minimum atomic E-state index is -0.876. The highest BCUT2D eigenvalue weighted by atomic mass is 79.9. The van der Waals surface area contributed by atoms with Crippen molar-refractivity contribution in [2.45, 2.75) is 32.4 Å². The molecule has 1 aromatic heterocycles. The standard InChI is InChI=1S/C21H25BrClN3O3/c1-14-12-25(20-6-4-17(22)11-24-20)13-15(2)26(14)7-8-29-19-9-16(10-21(27)28)3-5-18(19)23/h3-6,9,11,14-15H,7-8,10,12-13H2,1-2H3,(H,27,28)/t14-,15+. The van der Waals surface area contributed by atoms with Crippen LogP contribution in [0, 0.1) is 0 Å². The Balaban J connectivity index is 1.56. The van der Waals surface area contributed by atoms with Crippen LogP contribution in [0.25, 0.3) is 0 Å². The van der Waals surface area contributed by atoms with E-state index in [4.69, 9.17) is 21.4 Å². The van der Waals surface area contributed by atoms with Crippen LogP contribution in [0.15, 0.2) is 41.0 Å². The lowest BCUT2D eigenvalue weighted by atomic mass is 10.1. The largest absolute Gasteiger partial charge is 0.491 e. The van der Waals surface area contributed by atoms with E-state index in [1.54, 1.807) is 18.2 Å². The molecule has 1 aromatic carbocycles. The number of nitrogens with zero attached hydrogens (tertiary/aromatic N) is 3. The van der Waals surface area contributed by atoms with Crippen LogP contribution >= 0.6 is 27.5 Å². The normalized spacial score (nSPS) is 19.9. The second-order valence-electron chi connectivity index (χ2n) is 7.36. The molecule has 2 atom stereocenters. The Morgan fingerprint density at radius 3 is 2.62 bits per heavy atom. The molecule has 0 amide bonds. The molecule has 0 aliphatic carbocycles. The molecular weight excluding hydrogens is 458 g/mol. The van der Waals surface area contributed by atoms with E-state index in [1.165, 1.54) is 0 Å². The van der Waals surface area contributed by atoms with Gasteiger partial charge in [-0.25, -0.2) is 4.98 Å². The molecular formula is C21H25BrClN3O3.